The average molecular weight is 117 g/mol. The standard InChI is InChI=1S/C6H15NO/c1-4-7(8,5-2)6-3/h4-6H2,1-3H3/q+1. The van der Waals surface area contributed by atoms with Crippen molar-refractivity contribution in [3.8, 4) is 0 Å². The lowest BCUT2D eigenvalue weighted by atomic mass is 10.5. The molecule has 0 aliphatic rings. The molecule has 0 aliphatic heterocycles. The van der Waals surface area contributed by atoms with Gasteiger partial charge in [-0.1, -0.05) is 0 Å². The summed E-state index contributed by atoms with van der Waals surface area (Å²) in [7, 11) is 0. The van der Waals surface area contributed by atoms with Crippen LogP contribution in [0.1, 0.15) is 20.8 Å². The maximum absolute atomic E-state index is 11.1. The molecule has 1 radical (unpaired) electrons. The summed E-state index contributed by atoms with van der Waals surface area (Å²) in [4.78, 5) is 0. The molecule has 0 aliphatic carbocycles. The van der Waals surface area contributed by atoms with Gasteiger partial charge in [0.1, 0.15) is 19.6 Å². The Morgan fingerprint density at radius 3 is 1.25 bits per heavy atom. The molecule has 0 heterocycles. The first-order valence-corrected chi connectivity index (χ1v) is 3.25. The van der Waals surface area contributed by atoms with Crippen molar-refractivity contribution in [3.05, 3.63) is 0 Å². The normalized spacial score (nSPS) is 12.0. The van der Waals surface area contributed by atoms with Crippen LogP contribution in [-0.4, -0.2) is 24.3 Å². The molecule has 2 nitrogen and oxygen atoms in total. The highest BCUT2D eigenvalue weighted by atomic mass is 16.5. The van der Waals surface area contributed by atoms with Gasteiger partial charge in [-0.15, -0.1) is 4.65 Å². The minimum atomic E-state index is -0.0417. The smallest absolute Gasteiger partial charge is 0.109 e. The molecule has 0 saturated carbocycles. The van der Waals surface area contributed by atoms with Crippen LogP contribution in [-0.2, 0) is 5.21 Å². The third-order valence-corrected chi connectivity index (χ3v) is 1.73. The van der Waals surface area contributed by atoms with Gasteiger partial charge in [0, 0.05) is 5.21 Å². The van der Waals surface area contributed by atoms with E-state index < -0.39 is 0 Å². The Hall–Kier alpha value is -0.0800. The zero-order chi connectivity index (χ0) is 6.62. The summed E-state index contributed by atoms with van der Waals surface area (Å²) in [6.45, 7) is 7.90. The Kier molecular flexibility index (Phi) is 3.02. The fourth-order valence-electron chi connectivity index (χ4n) is 0.671. The van der Waals surface area contributed by atoms with Crippen LogP contribution in [0.2, 0.25) is 0 Å². The lowest BCUT2D eigenvalue weighted by Crippen LogP contribution is -2.42. The number of quaternary nitrogens is 1. The monoisotopic (exact) mass is 117 g/mol. The topological polar surface area (TPSA) is 19.9 Å². The molecule has 0 spiro atoms. The second kappa shape index (κ2) is 3.05. The molecule has 0 unspecified atom stereocenters. The van der Waals surface area contributed by atoms with E-state index >= 15 is 0 Å². The van der Waals surface area contributed by atoms with Gasteiger partial charge in [0.05, 0.1) is 0 Å². The van der Waals surface area contributed by atoms with Crippen molar-refractivity contribution < 1.29 is 9.85 Å². The van der Waals surface area contributed by atoms with Crippen LogP contribution in [0.4, 0.5) is 0 Å². The van der Waals surface area contributed by atoms with Crippen LogP contribution in [0.5, 0.6) is 0 Å². The number of nitrogens with zero attached hydrogens (tertiary/aromatic N) is 1. The molecule has 0 aromatic carbocycles. The summed E-state index contributed by atoms with van der Waals surface area (Å²) in [5.41, 5.74) is 0. The van der Waals surface area contributed by atoms with Crippen molar-refractivity contribution in [2.45, 2.75) is 20.8 Å². The van der Waals surface area contributed by atoms with E-state index in [9.17, 15) is 5.21 Å². The van der Waals surface area contributed by atoms with Crippen LogP contribution in [0.15, 0.2) is 0 Å². The lowest BCUT2D eigenvalue weighted by molar-refractivity contribution is -1.12. The van der Waals surface area contributed by atoms with Crippen molar-refractivity contribution in [3.63, 3.8) is 0 Å². The van der Waals surface area contributed by atoms with Crippen LogP contribution in [0.25, 0.3) is 0 Å². The van der Waals surface area contributed by atoms with Crippen LogP contribution < -0.4 is 0 Å². The summed E-state index contributed by atoms with van der Waals surface area (Å²) in [6, 6.07) is 0. The molecule has 0 aromatic rings. The molecule has 0 fully saturated rings. The van der Waals surface area contributed by atoms with E-state index in [0.717, 1.165) is 0 Å². The zero-order valence-corrected chi connectivity index (χ0v) is 5.98. The third kappa shape index (κ3) is 1.80. The Labute approximate surface area is 51.3 Å². The Morgan fingerprint density at radius 2 is 1.25 bits per heavy atom. The van der Waals surface area contributed by atoms with Crippen molar-refractivity contribution in [1.29, 1.82) is 0 Å². The van der Waals surface area contributed by atoms with Gasteiger partial charge in [-0.2, -0.15) is 0 Å². The molecule has 0 bridgehead atoms. The SMILES string of the molecule is CC[N+]([O])(CC)CC. The van der Waals surface area contributed by atoms with E-state index in [1.807, 2.05) is 20.8 Å². The average Bonchev–Trinajstić information content (AvgIpc) is 1.87. The van der Waals surface area contributed by atoms with Crippen molar-refractivity contribution >= 4 is 0 Å². The number of hydrogen-bond donors (Lipinski definition) is 0. The number of rotatable bonds is 3. The summed E-state index contributed by atoms with van der Waals surface area (Å²) in [6.07, 6.45) is 0. The van der Waals surface area contributed by atoms with E-state index in [0.29, 0.717) is 19.6 Å². The molecule has 49 valence electrons. The van der Waals surface area contributed by atoms with Gasteiger partial charge >= 0.3 is 0 Å². The first-order chi connectivity index (χ1) is 3.68. The quantitative estimate of drug-likeness (QED) is 0.391. The summed E-state index contributed by atoms with van der Waals surface area (Å²) in [5, 5.41) is 11.1. The zero-order valence-electron chi connectivity index (χ0n) is 5.98. The molecule has 0 aromatic heterocycles. The first-order valence-electron chi connectivity index (χ1n) is 3.25. The van der Waals surface area contributed by atoms with Gasteiger partial charge in [0.15, 0.2) is 0 Å². The van der Waals surface area contributed by atoms with Crippen molar-refractivity contribution in [1.82, 2.24) is 0 Å². The van der Waals surface area contributed by atoms with Gasteiger partial charge < -0.3 is 0 Å². The van der Waals surface area contributed by atoms with Crippen molar-refractivity contribution in [2.75, 3.05) is 19.6 Å². The molecule has 0 amide bonds. The molecule has 0 N–H and O–H groups in total. The molecule has 0 atom stereocenters. The first kappa shape index (κ1) is 7.92. The third-order valence-electron chi connectivity index (χ3n) is 1.73. The van der Waals surface area contributed by atoms with Crippen molar-refractivity contribution in [2.24, 2.45) is 0 Å². The molecule has 2 heteroatoms. The largest absolute Gasteiger partial charge is 0.143 e. The Morgan fingerprint density at radius 1 is 1.00 bits per heavy atom. The van der Waals surface area contributed by atoms with Gasteiger partial charge in [0.25, 0.3) is 0 Å². The summed E-state index contributed by atoms with van der Waals surface area (Å²) >= 11 is 0. The number of hydroxylamine groups is 3. The molecular weight excluding hydrogens is 102 g/mol. The van der Waals surface area contributed by atoms with Crippen LogP contribution in [0, 0.1) is 0 Å². The fraction of sp³-hybridized carbons (Fsp3) is 1.00. The van der Waals surface area contributed by atoms with E-state index in [1.165, 1.54) is 0 Å². The highest BCUT2D eigenvalue weighted by molar-refractivity contribution is 4.18. The lowest BCUT2D eigenvalue weighted by Gasteiger charge is -2.20. The van der Waals surface area contributed by atoms with Gasteiger partial charge in [0.2, 0.25) is 0 Å². The van der Waals surface area contributed by atoms with E-state index in [1.54, 1.807) is 0 Å². The number of hydrogen-bond acceptors (Lipinski definition) is 0. The van der Waals surface area contributed by atoms with E-state index in [4.69, 9.17) is 0 Å². The fourth-order valence-corrected chi connectivity index (χ4v) is 0.671. The summed E-state index contributed by atoms with van der Waals surface area (Å²) < 4.78 is -0.0417. The second-order valence-corrected chi connectivity index (χ2v) is 2.01. The second-order valence-electron chi connectivity index (χ2n) is 2.01. The Bertz CT molecular complexity index is 51.3. The van der Waals surface area contributed by atoms with Crippen LogP contribution >= 0.6 is 0 Å². The predicted octanol–water partition coefficient (Wildman–Crippen LogP) is 1.21. The maximum atomic E-state index is 11.1. The molecule has 0 rings (SSSR count). The summed E-state index contributed by atoms with van der Waals surface area (Å²) in [5.74, 6) is 0. The van der Waals surface area contributed by atoms with Gasteiger partial charge in [-0.3, -0.25) is 0 Å². The van der Waals surface area contributed by atoms with Gasteiger partial charge in [-0.05, 0) is 20.8 Å². The van der Waals surface area contributed by atoms with E-state index in [2.05, 4.69) is 0 Å². The molecule has 8 heavy (non-hydrogen) atoms. The Balaban J connectivity index is 3.58. The predicted molar refractivity (Wildman–Crippen MR) is 32.6 cm³/mol. The molecule has 0 saturated heterocycles. The minimum Gasteiger partial charge on any atom is -0.143 e. The molecular formula is C6H15NO+. The minimum absolute atomic E-state index is 0.0417. The van der Waals surface area contributed by atoms with Crippen LogP contribution in [0.3, 0.4) is 0 Å². The highest BCUT2D eigenvalue weighted by Crippen LogP contribution is 1.98. The van der Waals surface area contributed by atoms with Gasteiger partial charge in [-0.25, -0.2) is 0 Å². The maximum Gasteiger partial charge on any atom is 0.109 e. The van der Waals surface area contributed by atoms with E-state index in [-0.39, 0.29) is 4.65 Å². The highest BCUT2D eigenvalue weighted by Gasteiger charge is 2.18.